The third-order valence-corrected chi connectivity index (χ3v) is 5.19. The van der Waals surface area contributed by atoms with Gasteiger partial charge in [-0.25, -0.2) is 4.98 Å². The molecule has 144 valence electrons. The molecule has 0 unspecified atom stereocenters. The number of methoxy groups -OCH3 is 1. The zero-order chi connectivity index (χ0) is 19.2. The van der Waals surface area contributed by atoms with Crippen molar-refractivity contribution in [2.24, 2.45) is 5.92 Å². The van der Waals surface area contributed by atoms with Gasteiger partial charge in [-0.05, 0) is 61.7 Å². The van der Waals surface area contributed by atoms with Crippen molar-refractivity contribution in [1.29, 1.82) is 0 Å². The molecule has 1 aromatic carbocycles. The molecular weight excluding hydrogens is 356 g/mol. The minimum atomic E-state index is 0.116. The van der Waals surface area contributed by atoms with Crippen LogP contribution >= 0.6 is 12.2 Å². The fourth-order valence-electron chi connectivity index (χ4n) is 3.42. The first-order valence-corrected chi connectivity index (χ1v) is 9.88. The van der Waals surface area contributed by atoms with Crippen LogP contribution in [-0.4, -0.2) is 30.3 Å². The number of piperidine rings is 1. The van der Waals surface area contributed by atoms with Gasteiger partial charge in [-0.3, -0.25) is 0 Å². The van der Waals surface area contributed by atoms with Crippen LogP contribution in [0, 0.1) is 5.92 Å². The van der Waals surface area contributed by atoms with Crippen molar-refractivity contribution in [3.05, 3.63) is 48.2 Å². The first-order chi connectivity index (χ1) is 13.0. The highest BCUT2D eigenvalue weighted by molar-refractivity contribution is 7.80. The van der Waals surface area contributed by atoms with Gasteiger partial charge in [0.05, 0.1) is 25.0 Å². The van der Waals surface area contributed by atoms with Crippen molar-refractivity contribution in [3.63, 3.8) is 0 Å². The highest BCUT2D eigenvalue weighted by atomic mass is 32.1. The standard InChI is InChI=1S/C21H28N4OS/c1-15-5-4-12-25(14-15)19-9-6-17(7-10-19)16(2)23-21(27)24-18-8-11-20(26-3)22-13-18/h6-11,13,15-16H,4-5,12,14H2,1-3H3,(H2,23,24,27)/t15-,16+/m1/s1. The third-order valence-electron chi connectivity index (χ3n) is 4.97. The van der Waals surface area contributed by atoms with Crippen LogP contribution in [-0.2, 0) is 0 Å². The van der Waals surface area contributed by atoms with Gasteiger partial charge in [-0.2, -0.15) is 0 Å². The van der Waals surface area contributed by atoms with Crippen molar-refractivity contribution < 1.29 is 4.74 Å². The molecule has 0 radical (unpaired) electrons. The van der Waals surface area contributed by atoms with E-state index in [1.807, 2.05) is 6.07 Å². The van der Waals surface area contributed by atoms with Crippen LogP contribution in [0.5, 0.6) is 5.88 Å². The van der Waals surface area contributed by atoms with E-state index in [-0.39, 0.29) is 6.04 Å². The number of ether oxygens (including phenoxy) is 1. The number of thiocarbonyl (C=S) groups is 1. The maximum absolute atomic E-state index is 5.43. The Morgan fingerprint density at radius 1 is 1.26 bits per heavy atom. The number of hydrogen-bond donors (Lipinski definition) is 2. The highest BCUT2D eigenvalue weighted by Gasteiger charge is 2.17. The van der Waals surface area contributed by atoms with Gasteiger partial charge in [0, 0.05) is 24.8 Å². The fourth-order valence-corrected chi connectivity index (χ4v) is 3.71. The number of nitrogens with one attached hydrogen (secondary N) is 2. The molecule has 0 bridgehead atoms. The Kier molecular flexibility index (Phi) is 6.50. The average molecular weight is 385 g/mol. The highest BCUT2D eigenvalue weighted by Crippen LogP contribution is 2.24. The van der Waals surface area contributed by atoms with E-state index < -0.39 is 0 Å². The summed E-state index contributed by atoms with van der Waals surface area (Å²) in [4.78, 5) is 6.66. The van der Waals surface area contributed by atoms with Gasteiger partial charge in [-0.1, -0.05) is 19.1 Å². The van der Waals surface area contributed by atoms with E-state index >= 15 is 0 Å². The fraction of sp³-hybridized carbons (Fsp3) is 0.429. The molecule has 1 aliphatic heterocycles. The number of pyridine rings is 1. The second-order valence-electron chi connectivity index (χ2n) is 7.19. The predicted octanol–water partition coefficient (Wildman–Crippen LogP) is 4.37. The van der Waals surface area contributed by atoms with Gasteiger partial charge in [-0.15, -0.1) is 0 Å². The van der Waals surface area contributed by atoms with Gasteiger partial charge < -0.3 is 20.3 Å². The molecule has 1 fully saturated rings. The number of rotatable bonds is 5. The molecule has 0 saturated carbocycles. The summed E-state index contributed by atoms with van der Waals surface area (Å²) < 4.78 is 5.06. The topological polar surface area (TPSA) is 49.4 Å². The normalized spacial score (nSPS) is 17.9. The number of nitrogens with zero attached hydrogens (tertiary/aromatic N) is 2. The smallest absolute Gasteiger partial charge is 0.213 e. The lowest BCUT2D eigenvalue weighted by molar-refractivity contribution is 0.398. The van der Waals surface area contributed by atoms with Crippen molar-refractivity contribution in [1.82, 2.24) is 10.3 Å². The Morgan fingerprint density at radius 2 is 2.04 bits per heavy atom. The summed E-state index contributed by atoms with van der Waals surface area (Å²) in [6.45, 7) is 6.75. The number of aromatic nitrogens is 1. The molecule has 2 N–H and O–H groups in total. The molecule has 2 heterocycles. The molecule has 27 heavy (non-hydrogen) atoms. The van der Waals surface area contributed by atoms with Crippen molar-refractivity contribution >= 4 is 28.7 Å². The number of benzene rings is 1. The van der Waals surface area contributed by atoms with Gasteiger partial charge >= 0.3 is 0 Å². The van der Waals surface area contributed by atoms with Crippen molar-refractivity contribution in [3.8, 4) is 5.88 Å². The van der Waals surface area contributed by atoms with Gasteiger partial charge in [0.15, 0.2) is 5.11 Å². The van der Waals surface area contributed by atoms with Gasteiger partial charge in [0.25, 0.3) is 0 Å². The SMILES string of the molecule is COc1ccc(NC(=S)N[C@@H](C)c2ccc(N3CCC[C@@H](C)C3)cc2)cn1. The van der Waals surface area contributed by atoms with Crippen LogP contribution in [0.1, 0.15) is 38.3 Å². The van der Waals surface area contributed by atoms with E-state index in [9.17, 15) is 0 Å². The number of hydrogen-bond acceptors (Lipinski definition) is 4. The molecule has 0 spiro atoms. The van der Waals surface area contributed by atoms with Crippen LogP contribution < -0.4 is 20.3 Å². The summed E-state index contributed by atoms with van der Waals surface area (Å²) >= 11 is 5.43. The molecule has 1 saturated heterocycles. The average Bonchev–Trinajstić information content (AvgIpc) is 2.68. The molecular formula is C21H28N4OS. The molecule has 1 aromatic heterocycles. The van der Waals surface area contributed by atoms with Gasteiger partial charge in [0.2, 0.25) is 5.88 Å². The lowest BCUT2D eigenvalue weighted by atomic mass is 9.99. The lowest BCUT2D eigenvalue weighted by Crippen LogP contribution is -2.34. The summed E-state index contributed by atoms with van der Waals surface area (Å²) in [5, 5.41) is 7.06. The Hall–Kier alpha value is -2.34. The quantitative estimate of drug-likeness (QED) is 0.747. The molecule has 6 heteroatoms. The molecule has 5 nitrogen and oxygen atoms in total. The molecule has 0 aliphatic carbocycles. The van der Waals surface area contributed by atoms with E-state index in [4.69, 9.17) is 17.0 Å². The zero-order valence-corrected chi connectivity index (χ0v) is 17.1. The summed E-state index contributed by atoms with van der Waals surface area (Å²) in [5.74, 6) is 1.35. The van der Waals surface area contributed by atoms with Crippen LogP contribution in [0.2, 0.25) is 0 Å². The largest absolute Gasteiger partial charge is 0.481 e. The zero-order valence-electron chi connectivity index (χ0n) is 16.2. The summed E-state index contributed by atoms with van der Waals surface area (Å²) in [6.07, 6.45) is 4.32. The molecule has 2 atom stereocenters. The van der Waals surface area contributed by atoms with Crippen LogP contribution in [0.15, 0.2) is 42.6 Å². The summed E-state index contributed by atoms with van der Waals surface area (Å²) in [6, 6.07) is 12.6. The minimum Gasteiger partial charge on any atom is -0.481 e. The van der Waals surface area contributed by atoms with E-state index in [1.165, 1.54) is 24.1 Å². The van der Waals surface area contributed by atoms with Crippen LogP contribution in [0.4, 0.5) is 11.4 Å². The predicted molar refractivity (Wildman–Crippen MR) is 116 cm³/mol. The summed E-state index contributed by atoms with van der Waals surface area (Å²) in [7, 11) is 1.60. The van der Waals surface area contributed by atoms with E-state index in [0.29, 0.717) is 11.0 Å². The Bertz CT molecular complexity index is 748. The van der Waals surface area contributed by atoms with Crippen LogP contribution in [0.25, 0.3) is 0 Å². The molecule has 3 rings (SSSR count). The van der Waals surface area contributed by atoms with E-state index in [2.05, 4.69) is 58.6 Å². The van der Waals surface area contributed by atoms with E-state index in [0.717, 1.165) is 24.7 Å². The maximum Gasteiger partial charge on any atom is 0.213 e. The minimum absolute atomic E-state index is 0.116. The van der Waals surface area contributed by atoms with Crippen molar-refractivity contribution in [2.45, 2.75) is 32.7 Å². The Balaban J connectivity index is 1.55. The van der Waals surface area contributed by atoms with Crippen molar-refractivity contribution in [2.75, 3.05) is 30.4 Å². The second kappa shape index (κ2) is 9.04. The first kappa shape index (κ1) is 19.4. The molecule has 0 amide bonds. The lowest BCUT2D eigenvalue weighted by Gasteiger charge is -2.33. The Morgan fingerprint density at radius 3 is 2.67 bits per heavy atom. The second-order valence-corrected chi connectivity index (χ2v) is 7.60. The first-order valence-electron chi connectivity index (χ1n) is 9.47. The number of anilines is 2. The van der Waals surface area contributed by atoms with E-state index in [1.54, 1.807) is 19.4 Å². The van der Waals surface area contributed by atoms with Gasteiger partial charge in [0.1, 0.15) is 0 Å². The Labute approximate surface area is 167 Å². The molecule has 2 aromatic rings. The van der Waals surface area contributed by atoms with Crippen LogP contribution in [0.3, 0.4) is 0 Å². The third kappa shape index (κ3) is 5.32. The summed E-state index contributed by atoms with van der Waals surface area (Å²) in [5.41, 5.74) is 3.35. The molecule has 1 aliphatic rings. The maximum atomic E-state index is 5.43. The monoisotopic (exact) mass is 384 g/mol.